The van der Waals surface area contributed by atoms with Crippen LogP contribution >= 0.6 is 34.5 Å². The molecule has 0 atom stereocenters. The van der Waals surface area contributed by atoms with E-state index in [0.29, 0.717) is 20.9 Å². The Morgan fingerprint density at radius 3 is 2.29 bits per heavy atom. The van der Waals surface area contributed by atoms with Gasteiger partial charge in [0.05, 0.1) is 4.92 Å². The van der Waals surface area contributed by atoms with Crippen LogP contribution in [0.15, 0.2) is 36.1 Å². The number of nitrogens with zero attached hydrogens (tertiary/aromatic N) is 4. The van der Waals surface area contributed by atoms with E-state index in [4.69, 9.17) is 23.2 Å². The van der Waals surface area contributed by atoms with Crippen molar-refractivity contribution in [3.8, 4) is 0 Å². The molecule has 24 heavy (non-hydrogen) atoms. The molecule has 0 unspecified atom stereocenters. The smallest absolute Gasteiger partial charge is 0.334 e. The van der Waals surface area contributed by atoms with Crippen molar-refractivity contribution in [1.29, 1.82) is 0 Å². The van der Waals surface area contributed by atoms with Gasteiger partial charge in [-0.15, -0.1) is 11.3 Å². The van der Waals surface area contributed by atoms with Gasteiger partial charge in [0, 0.05) is 27.3 Å². The fourth-order valence-corrected chi connectivity index (χ4v) is 2.94. The van der Waals surface area contributed by atoms with Crippen LogP contribution in [0, 0.1) is 10.1 Å². The van der Waals surface area contributed by atoms with Crippen molar-refractivity contribution in [3.63, 3.8) is 0 Å². The van der Waals surface area contributed by atoms with Crippen LogP contribution in [0.25, 0.3) is 0 Å². The van der Waals surface area contributed by atoms with Crippen LogP contribution in [0.1, 0.15) is 0 Å². The first kappa shape index (κ1) is 16.4. The molecule has 11 heteroatoms. The van der Waals surface area contributed by atoms with Gasteiger partial charge in [-0.2, -0.15) is 0 Å². The van der Waals surface area contributed by atoms with Gasteiger partial charge in [0.1, 0.15) is 6.33 Å². The van der Waals surface area contributed by atoms with E-state index in [2.05, 4.69) is 25.6 Å². The molecular formula is C13H8Cl2N6O2S. The fourth-order valence-electron chi connectivity index (χ4n) is 1.88. The molecule has 2 N–H and O–H groups in total. The Bertz CT molecular complexity index is 870. The van der Waals surface area contributed by atoms with E-state index in [1.165, 1.54) is 17.7 Å². The normalized spacial score (nSPS) is 10.4. The van der Waals surface area contributed by atoms with Gasteiger partial charge in [-0.1, -0.05) is 23.2 Å². The van der Waals surface area contributed by atoms with Gasteiger partial charge in [-0.3, -0.25) is 10.1 Å². The SMILES string of the molecule is O=[N+]([O-])c1c(Nc2cc(Cl)cc(Cl)c2)ncnc1Nc1nccs1. The molecule has 0 saturated heterocycles. The van der Waals surface area contributed by atoms with Crippen molar-refractivity contribution in [2.75, 3.05) is 10.6 Å². The highest BCUT2D eigenvalue weighted by atomic mass is 35.5. The van der Waals surface area contributed by atoms with Gasteiger partial charge in [0.15, 0.2) is 5.13 Å². The topological polar surface area (TPSA) is 106 Å². The molecule has 0 bridgehead atoms. The van der Waals surface area contributed by atoms with Crippen molar-refractivity contribution < 1.29 is 4.92 Å². The van der Waals surface area contributed by atoms with E-state index < -0.39 is 4.92 Å². The van der Waals surface area contributed by atoms with Crippen LogP contribution in [0.4, 0.5) is 28.1 Å². The first-order valence-corrected chi connectivity index (χ1v) is 8.05. The highest BCUT2D eigenvalue weighted by Gasteiger charge is 2.24. The summed E-state index contributed by atoms with van der Waals surface area (Å²) in [5.74, 6) is 0.0352. The monoisotopic (exact) mass is 382 g/mol. The summed E-state index contributed by atoms with van der Waals surface area (Å²) in [4.78, 5) is 22.8. The van der Waals surface area contributed by atoms with Gasteiger partial charge >= 0.3 is 5.69 Å². The lowest BCUT2D eigenvalue weighted by atomic mass is 10.3. The Hall–Kier alpha value is -2.49. The van der Waals surface area contributed by atoms with E-state index >= 15 is 0 Å². The van der Waals surface area contributed by atoms with Crippen LogP contribution < -0.4 is 10.6 Å². The Balaban J connectivity index is 1.99. The zero-order chi connectivity index (χ0) is 17.1. The quantitative estimate of drug-likeness (QED) is 0.488. The summed E-state index contributed by atoms with van der Waals surface area (Å²) in [5, 5.41) is 20.1. The lowest BCUT2D eigenvalue weighted by Crippen LogP contribution is -2.05. The maximum atomic E-state index is 11.5. The molecule has 0 fully saturated rings. The summed E-state index contributed by atoms with van der Waals surface area (Å²) >= 11 is 13.2. The highest BCUT2D eigenvalue weighted by molar-refractivity contribution is 7.13. The Kier molecular flexibility index (Phi) is 4.74. The van der Waals surface area contributed by atoms with Gasteiger partial charge in [-0.25, -0.2) is 15.0 Å². The fraction of sp³-hybridized carbons (Fsp3) is 0. The van der Waals surface area contributed by atoms with Gasteiger partial charge in [0.2, 0.25) is 11.6 Å². The van der Waals surface area contributed by atoms with E-state index in [0.717, 1.165) is 0 Å². The standard InChI is InChI=1S/C13H8Cl2N6O2S/c14-7-3-8(15)5-9(4-7)19-11-10(21(22)23)12(18-6-17-11)20-13-16-1-2-24-13/h1-6H,(H2,16,17,18,19,20). The predicted molar refractivity (Wildman–Crippen MR) is 93.8 cm³/mol. The van der Waals surface area contributed by atoms with Crippen molar-refractivity contribution in [2.24, 2.45) is 0 Å². The molecule has 0 saturated carbocycles. The molecular weight excluding hydrogens is 375 g/mol. The number of thiazole rings is 1. The molecule has 0 aliphatic carbocycles. The van der Waals surface area contributed by atoms with Gasteiger partial charge in [0.25, 0.3) is 0 Å². The molecule has 1 aromatic carbocycles. The number of nitrogens with one attached hydrogen (secondary N) is 2. The van der Waals surface area contributed by atoms with Crippen molar-refractivity contribution in [2.45, 2.75) is 0 Å². The molecule has 2 heterocycles. The molecule has 122 valence electrons. The predicted octanol–water partition coefficient (Wildman–Crippen LogP) is 4.64. The molecule has 3 aromatic rings. The van der Waals surface area contributed by atoms with Crippen molar-refractivity contribution in [3.05, 3.63) is 56.3 Å². The van der Waals surface area contributed by atoms with Gasteiger partial charge < -0.3 is 10.6 Å². The van der Waals surface area contributed by atoms with E-state index in [9.17, 15) is 10.1 Å². The van der Waals surface area contributed by atoms with E-state index in [1.54, 1.807) is 29.8 Å². The average molecular weight is 383 g/mol. The zero-order valence-electron chi connectivity index (χ0n) is 11.7. The minimum atomic E-state index is -0.579. The Morgan fingerprint density at radius 2 is 1.71 bits per heavy atom. The maximum Gasteiger partial charge on any atom is 0.353 e. The van der Waals surface area contributed by atoms with Gasteiger partial charge in [-0.05, 0) is 18.2 Å². The number of benzene rings is 1. The first-order chi connectivity index (χ1) is 11.5. The largest absolute Gasteiger partial charge is 0.353 e. The van der Waals surface area contributed by atoms with Crippen LogP contribution in [-0.2, 0) is 0 Å². The van der Waals surface area contributed by atoms with Crippen LogP contribution in [-0.4, -0.2) is 19.9 Å². The summed E-state index contributed by atoms with van der Waals surface area (Å²) < 4.78 is 0. The summed E-state index contributed by atoms with van der Waals surface area (Å²) in [6, 6.07) is 4.71. The molecule has 0 radical (unpaired) electrons. The number of halogens is 2. The summed E-state index contributed by atoms with van der Waals surface area (Å²) in [6.45, 7) is 0. The summed E-state index contributed by atoms with van der Waals surface area (Å²) in [6.07, 6.45) is 2.78. The minimum Gasteiger partial charge on any atom is -0.334 e. The molecule has 0 aliphatic heterocycles. The lowest BCUT2D eigenvalue weighted by Gasteiger charge is -2.09. The molecule has 3 rings (SSSR count). The van der Waals surface area contributed by atoms with Crippen molar-refractivity contribution >= 4 is 62.7 Å². The Morgan fingerprint density at radius 1 is 1.04 bits per heavy atom. The maximum absolute atomic E-state index is 11.5. The van der Waals surface area contributed by atoms with Crippen LogP contribution in [0.3, 0.4) is 0 Å². The summed E-state index contributed by atoms with van der Waals surface area (Å²) in [7, 11) is 0. The van der Waals surface area contributed by atoms with E-state index in [-0.39, 0.29) is 17.3 Å². The summed E-state index contributed by atoms with van der Waals surface area (Å²) in [5.41, 5.74) is 0.151. The van der Waals surface area contributed by atoms with Crippen molar-refractivity contribution in [1.82, 2.24) is 15.0 Å². The van der Waals surface area contributed by atoms with Crippen LogP contribution in [0.2, 0.25) is 10.0 Å². The molecule has 2 aromatic heterocycles. The number of rotatable bonds is 5. The molecule has 0 aliphatic rings. The van der Waals surface area contributed by atoms with E-state index in [1.807, 2.05) is 0 Å². The highest BCUT2D eigenvalue weighted by Crippen LogP contribution is 2.34. The number of hydrogen-bond acceptors (Lipinski definition) is 8. The number of anilines is 4. The second kappa shape index (κ2) is 6.95. The first-order valence-electron chi connectivity index (χ1n) is 6.42. The average Bonchev–Trinajstić information content (AvgIpc) is 2.99. The number of nitro groups is 1. The minimum absolute atomic E-state index is 0.00684. The zero-order valence-corrected chi connectivity index (χ0v) is 14.1. The molecule has 0 spiro atoms. The Labute approximate surface area is 149 Å². The molecule has 8 nitrogen and oxygen atoms in total. The number of hydrogen-bond donors (Lipinski definition) is 2. The third-order valence-electron chi connectivity index (χ3n) is 2.79. The lowest BCUT2D eigenvalue weighted by molar-refractivity contribution is -0.383. The second-order valence-corrected chi connectivity index (χ2v) is 6.19. The number of aromatic nitrogens is 3. The third kappa shape index (κ3) is 3.70. The van der Waals surface area contributed by atoms with Crippen LogP contribution in [0.5, 0.6) is 0 Å². The third-order valence-corrected chi connectivity index (χ3v) is 3.91. The second-order valence-electron chi connectivity index (χ2n) is 4.42. The molecule has 0 amide bonds.